The average Bonchev–Trinajstić information content (AvgIpc) is 2.69. The standard InChI is InChI=1S/C11H17N3O3S/c1-8-11(9(2)13-12-8)18(16,17)14-5-3-4-10(6-14)7-15/h7,10H,3-6H2,1-2H3,(H,12,13). The van der Waals surface area contributed by atoms with Gasteiger partial charge in [-0.3, -0.25) is 5.10 Å². The quantitative estimate of drug-likeness (QED) is 0.817. The van der Waals surface area contributed by atoms with Gasteiger partial charge in [-0.25, -0.2) is 8.42 Å². The number of piperidine rings is 1. The maximum absolute atomic E-state index is 12.5. The molecule has 18 heavy (non-hydrogen) atoms. The molecular weight excluding hydrogens is 254 g/mol. The highest BCUT2D eigenvalue weighted by atomic mass is 32.2. The molecule has 0 aliphatic carbocycles. The minimum atomic E-state index is -3.54. The van der Waals surface area contributed by atoms with Crippen LogP contribution in [-0.4, -0.2) is 42.3 Å². The number of aryl methyl sites for hydroxylation is 2. The van der Waals surface area contributed by atoms with Crippen molar-refractivity contribution in [2.24, 2.45) is 5.92 Å². The van der Waals surface area contributed by atoms with Crippen LogP contribution in [0.3, 0.4) is 0 Å². The third-order valence-corrected chi connectivity index (χ3v) is 5.40. The fraction of sp³-hybridized carbons (Fsp3) is 0.636. The van der Waals surface area contributed by atoms with E-state index in [-0.39, 0.29) is 17.4 Å². The first-order valence-corrected chi connectivity index (χ1v) is 7.38. The second-order valence-corrected chi connectivity index (χ2v) is 6.54. The fourth-order valence-corrected chi connectivity index (χ4v) is 4.22. The Balaban J connectivity index is 2.34. The van der Waals surface area contributed by atoms with Crippen molar-refractivity contribution in [1.29, 1.82) is 0 Å². The Morgan fingerprint density at radius 2 is 2.17 bits per heavy atom. The summed E-state index contributed by atoms with van der Waals surface area (Å²) in [6.07, 6.45) is 2.33. The van der Waals surface area contributed by atoms with Crippen LogP contribution < -0.4 is 0 Å². The maximum atomic E-state index is 12.5. The number of aromatic nitrogens is 2. The fourth-order valence-electron chi connectivity index (χ4n) is 2.35. The van der Waals surface area contributed by atoms with Crippen molar-refractivity contribution >= 4 is 16.3 Å². The monoisotopic (exact) mass is 271 g/mol. The van der Waals surface area contributed by atoms with Crippen LogP contribution in [0.25, 0.3) is 0 Å². The first kappa shape index (κ1) is 13.2. The topological polar surface area (TPSA) is 83.1 Å². The average molecular weight is 271 g/mol. The van der Waals surface area contributed by atoms with Gasteiger partial charge in [0.05, 0.1) is 11.4 Å². The number of hydrogen-bond donors (Lipinski definition) is 1. The Morgan fingerprint density at radius 3 is 2.72 bits per heavy atom. The number of hydrogen-bond acceptors (Lipinski definition) is 4. The molecule has 0 amide bonds. The first-order chi connectivity index (χ1) is 8.46. The molecule has 1 fully saturated rings. The van der Waals surface area contributed by atoms with E-state index < -0.39 is 10.0 Å². The number of carbonyl (C=O) groups is 1. The van der Waals surface area contributed by atoms with E-state index in [1.165, 1.54) is 4.31 Å². The Bertz CT molecular complexity index is 530. The summed E-state index contributed by atoms with van der Waals surface area (Å²) >= 11 is 0. The molecule has 100 valence electrons. The van der Waals surface area contributed by atoms with Crippen molar-refractivity contribution in [3.63, 3.8) is 0 Å². The predicted octanol–water partition coefficient (Wildman–Crippen LogP) is 0.626. The lowest BCUT2D eigenvalue weighted by atomic mass is 10.0. The van der Waals surface area contributed by atoms with Gasteiger partial charge in [0.1, 0.15) is 11.2 Å². The maximum Gasteiger partial charge on any atom is 0.246 e. The van der Waals surface area contributed by atoms with Crippen LogP contribution in [0.15, 0.2) is 4.90 Å². The summed E-state index contributed by atoms with van der Waals surface area (Å²) in [4.78, 5) is 11.1. The molecule has 0 saturated carbocycles. The Morgan fingerprint density at radius 1 is 1.44 bits per heavy atom. The first-order valence-electron chi connectivity index (χ1n) is 5.94. The van der Waals surface area contributed by atoms with E-state index in [4.69, 9.17) is 0 Å². The van der Waals surface area contributed by atoms with Gasteiger partial charge in [0.2, 0.25) is 10.0 Å². The number of aromatic amines is 1. The zero-order valence-corrected chi connectivity index (χ0v) is 11.3. The summed E-state index contributed by atoms with van der Waals surface area (Å²) in [6.45, 7) is 4.10. The van der Waals surface area contributed by atoms with Crippen LogP contribution in [0.4, 0.5) is 0 Å². The molecular formula is C11H17N3O3S. The molecule has 1 aliphatic rings. The smallest absolute Gasteiger partial charge is 0.246 e. The summed E-state index contributed by atoms with van der Waals surface area (Å²) in [6, 6.07) is 0. The van der Waals surface area contributed by atoms with Crippen LogP contribution in [0.2, 0.25) is 0 Å². The number of carbonyl (C=O) groups excluding carboxylic acids is 1. The van der Waals surface area contributed by atoms with Crippen LogP contribution in [-0.2, 0) is 14.8 Å². The summed E-state index contributed by atoms with van der Waals surface area (Å²) in [7, 11) is -3.54. The van der Waals surface area contributed by atoms with Gasteiger partial charge in [-0.1, -0.05) is 0 Å². The summed E-state index contributed by atoms with van der Waals surface area (Å²) in [5.74, 6) is -0.193. The highest BCUT2D eigenvalue weighted by Crippen LogP contribution is 2.25. The van der Waals surface area contributed by atoms with E-state index in [0.717, 1.165) is 19.1 Å². The second-order valence-electron chi connectivity index (χ2n) is 4.66. The molecule has 0 radical (unpaired) electrons. The molecule has 1 aromatic heterocycles. The SMILES string of the molecule is Cc1n[nH]c(C)c1S(=O)(=O)N1CCCC(C=O)C1. The van der Waals surface area contributed by atoms with Gasteiger partial charge in [0, 0.05) is 19.0 Å². The van der Waals surface area contributed by atoms with E-state index >= 15 is 0 Å². The van der Waals surface area contributed by atoms with Gasteiger partial charge >= 0.3 is 0 Å². The van der Waals surface area contributed by atoms with Gasteiger partial charge in [-0.15, -0.1) is 0 Å². The van der Waals surface area contributed by atoms with Gasteiger partial charge in [-0.05, 0) is 26.7 Å². The Labute approximate surface area is 106 Å². The summed E-state index contributed by atoms with van der Waals surface area (Å²) in [5.41, 5.74) is 1.02. The molecule has 0 aromatic carbocycles. The molecule has 1 aromatic rings. The van der Waals surface area contributed by atoms with Crippen LogP contribution in [0, 0.1) is 19.8 Å². The number of aldehydes is 1. The van der Waals surface area contributed by atoms with Crippen molar-refractivity contribution in [3.05, 3.63) is 11.4 Å². The van der Waals surface area contributed by atoms with Crippen molar-refractivity contribution in [1.82, 2.24) is 14.5 Å². The molecule has 1 aliphatic heterocycles. The number of nitrogens with one attached hydrogen (secondary N) is 1. The third kappa shape index (κ3) is 2.20. The molecule has 1 unspecified atom stereocenters. The highest BCUT2D eigenvalue weighted by molar-refractivity contribution is 7.89. The zero-order valence-electron chi connectivity index (χ0n) is 10.5. The van der Waals surface area contributed by atoms with Crippen molar-refractivity contribution in [2.45, 2.75) is 31.6 Å². The Kier molecular flexibility index (Phi) is 3.54. The van der Waals surface area contributed by atoms with E-state index in [2.05, 4.69) is 10.2 Å². The number of sulfonamides is 1. The lowest BCUT2D eigenvalue weighted by molar-refractivity contribution is -0.112. The van der Waals surface area contributed by atoms with Crippen molar-refractivity contribution < 1.29 is 13.2 Å². The lowest BCUT2D eigenvalue weighted by Gasteiger charge is -2.29. The number of nitrogens with zero attached hydrogens (tertiary/aromatic N) is 2. The molecule has 2 rings (SSSR count). The van der Waals surface area contributed by atoms with Crippen molar-refractivity contribution in [2.75, 3.05) is 13.1 Å². The number of H-pyrrole nitrogens is 1. The summed E-state index contributed by atoms with van der Waals surface area (Å²) in [5, 5.41) is 6.60. The molecule has 1 atom stereocenters. The van der Waals surface area contributed by atoms with E-state index in [9.17, 15) is 13.2 Å². The number of rotatable bonds is 3. The van der Waals surface area contributed by atoms with Gasteiger partial charge in [-0.2, -0.15) is 9.40 Å². The highest BCUT2D eigenvalue weighted by Gasteiger charge is 2.33. The molecule has 0 bridgehead atoms. The van der Waals surface area contributed by atoms with Crippen LogP contribution in [0.1, 0.15) is 24.2 Å². The van der Waals surface area contributed by atoms with E-state index in [0.29, 0.717) is 17.9 Å². The summed E-state index contributed by atoms with van der Waals surface area (Å²) < 4.78 is 26.4. The lowest BCUT2D eigenvalue weighted by Crippen LogP contribution is -2.40. The molecule has 1 saturated heterocycles. The largest absolute Gasteiger partial charge is 0.303 e. The molecule has 6 nitrogen and oxygen atoms in total. The van der Waals surface area contributed by atoms with Crippen LogP contribution >= 0.6 is 0 Å². The molecule has 7 heteroatoms. The van der Waals surface area contributed by atoms with Crippen LogP contribution in [0.5, 0.6) is 0 Å². The van der Waals surface area contributed by atoms with E-state index in [1.807, 2.05) is 0 Å². The van der Waals surface area contributed by atoms with Gasteiger partial charge in [0.15, 0.2) is 0 Å². The molecule has 0 spiro atoms. The third-order valence-electron chi connectivity index (χ3n) is 3.27. The molecule has 1 N–H and O–H groups in total. The molecule has 2 heterocycles. The van der Waals surface area contributed by atoms with Crippen molar-refractivity contribution in [3.8, 4) is 0 Å². The zero-order chi connectivity index (χ0) is 13.3. The minimum absolute atomic E-state index is 0.193. The second kappa shape index (κ2) is 4.81. The Hall–Kier alpha value is -1.21. The predicted molar refractivity (Wildman–Crippen MR) is 65.6 cm³/mol. The minimum Gasteiger partial charge on any atom is -0.303 e. The van der Waals surface area contributed by atoms with Gasteiger partial charge < -0.3 is 4.79 Å². The van der Waals surface area contributed by atoms with E-state index in [1.54, 1.807) is 13.8 Å². The normalized spacial score (nSPS) is 22.0. The van der Waals surface area contributed by atoms with Gasteiger partial charge in [0.25, 0.3) is 0 Å².